The molecule has 1 rings (SSSR count). The molecular weight excluding hydrogens is 256 g/mol. The Morgan fingerprint density at radius 3 is 2.40 bits per heavy atom. The summed E-state index contributed by atoms with van der Waals surface area (Å²) in [6.45, 7) is 6.89. The smallest absolute Gasteiger partial charge is 0.311 e. The maximum Gasteiger partial charge on any atom is 0.311 e. The van der Waals surface area contributed by atoms with Gasteiger partial charge in [-0.3, -0.25) is 9.59 Å². The van der Waals surface area contributed by atoms with Crippen LogP contribution in [0.1, 0.15) is 39.2 Å². The van der Waals surface area contributed by atoms with E-state index in [0.29, 0.717) is 5.75 Å². The van der Waals surface area contributed by atoms with Gasteiger partial charge in [-0.05, 0) is 45.4 Å². The second-order valence-corrected chi connectivity index (χ2v) is 5.79. The molecule has 0 aliphatic heterocycles. The van der Waals surface area contributed by atoms with Gasteiger partial charge in [0.05, 0.1) is 18.4 Å². The first-order valence-corrected chi connectivity index (χ1v) is 6.57. The molecule has 1 aromatic carbocycles. The summed E-state index contributed by atoms with van der Waals surface area (Å²) in [6.07, 6.45) is 0. The molecule has 0 fully saturated rings. The van der Waals surface area contributed by atoms with Gasteiger partial charge in [0.2, 0.25) is 0 Å². The fraction of sp³-hybridized carbons (Fsp3) is 0.500. The number of ether oxygens (including phenoxy) is 2. The molecule has 4 nitrogen and oxygen atoms in total. The van der Waals surface area contributed by atoms with Gasteiger partial charge in [-0.15, -0.1) is 0 Å². The normalized spacial score (nSPS) is 12.7. The van der Waals surface area contributed by atoms with Crippen LogP contribution in [0.3, 0.4) is 0 Å². The van der Waals surface area contributed by atoms with Crippen molar-refractivity contribution in [1.82, 2.24) is 0 Å². The molecule has 20 heavy (non-hydrogen) atoms. The van der Waals surface area contributed by atoms with Crippen LogP contribution >= 0.6 is 0 Å². The van der Waals surface area contributed by atoms with E-state index in [-0.39, 0.29) is 18.4 Å². The SMILES string of the molecule is COc1cccc(C(COC(=O)C(C)(C)C)C(C)=O)c1. The number of rotatable bonds is 5. The molecule has 0 bridgehead atoms. The van der Waals surface area contributed by atoms with E-state index >= 15 is 0 Å². The molecule has 1 unspecified atom stereocenters. The molecule has 0 N–H and O–H groups in total. The maximum atomic E-state index is 11.8. The first-order valence-electron chi connectivity index (χ1n) is 6.57. The zero-order valence-corrected chi connectivity index (χ0v) is 12.7. The minimum Gasteiger partial charge on any atom is -0.497 e. The molecule has 0 amide bonds. The largest absolute Gasteiger partial charge is 0.497 e. The average molecular weight is 278 g/mol. The third kappa shape index (κ3) is 4.37. The molecule has 110 valence electrons. The van der Waals surface area contributed by atoms with Crippen LogP contribution in [-0.4, -0.2) is 25.5 Å². The lowest BCUT2D eigenvalue weighted by Crippen LogP contribution is -2.26. The molecule has 4 heteroatoms. The number of carbonyl (C=O) groups excluding carboxylic acids is 2. The minimum atomic E-state index is -0.574. The second-order valence-electron chi connectivity index (χ2n) is 5.79. The zero-order chi connectivity index (χ0) is 15.3. The lowest BCUT2D eigenvalue weighted by atomic mass is 9.95. The predicted octanol–water partition coefficient (Wildman–Crippen LogP) is 2.96. The first kappa shape index (κ1) is 16.2. The second kappa shape index (κ2) is 6.55. The Kier molecular flexibility index (Phi) is 5.31. The number of hydrogen-bond donors (Lipinski definition) is 0. The molecule has 0 aromatic heterocycles. The summed E-state index contributed by atoms with van der Waals surface area (Å²) in [5, 5.41) is 0. The van der Waals surface area contributed by atoms with Crippen molar-refractivity contribution >= 4 is 11.8 Å². The fourth-order valence-electron chi connectivity index (χ4n) is 1.68. The molecule has 0 heterocycles. The van der Waals surface area contributed by atoms with Gasteiger partial charge in [-0.25, -0.2) is 0 Å². The van der Waals surface area contributed by atoms with E-state index in [2.05, 4.69) is 0 Å². The highest BCUT2D eigenvalue weighted by Gasteiger charge is 2.26. The quantitative estimate of drug-likeness (QED) is 0.777. The number of ketones is 1. The third-order valence-electron chi connectivity index (χ3n) is 2.98. The van der Waals surface area contributed by atoms with Crippen molar-refractivity contribution in [2.75, 3.05) is 13.7 Å². The monoisotopic (exact) mass is 278 g/mol. The van der Waals surface area contributed by atoms with Crippen LogP contribution in [0.5, 0.6) is 5.75 Å². The summed E-state index contributed by atoms with van der Waals surface area (Å²) in [5.41, 5.74) is 0.217. The highest BCUT2D eigenvalue weighted by Crippen LogP contribution is 2.23. The van der Waals surface area contributed by atoms with E-state index < -0.39 is 11.3 Å². The average Bonchev–Trinajstić information content (AvgIpc) is 2.37. The summed E-state index contributed by atoms with van der Waals surface area (Å²) in [5.74, 6) is -0.140. The number of esters is 1. The van der Waals surface area contributed by atoms with Gasteiger partial charge in [0, 0.05) is 0 Å². The number of Topliss-reactive ketones (excluding diaryl/α,β-unsaturated/α-hetero) is 1. The van der Waals surface area contributed by atoms with Gasteiger partial charge in [0.25, 0.3) is 0 Å². The molecule has 1 atom stereocenters. The summed E-state index contributed by atoms with van der Waals surface area (Å²) in [6, 6.07) is 7.24. The lowest BCUT2D eigenvalue weighted by molar-refractivity contribution is -0.153. The van der Waals surface area contributed by atoms with E-state index in [1.54, 1.807) is 33.9 Å². The van der Waals surface area contributed by atoms with E-state index in [4.69, 9.17) is 9.47 Å². The molecule has 0 aliphatic rings. The van der Waals surface area contributed by atoms with E-state index in [1.807, 2.05) is 18.2 Å². The minimum absolute atomic E-state index is 0.0417. The number of methoxy groups -OCH3 is 1. The van der Waals surface area contributed by atoms with Crippen molar-refractivity contribution in [2.45, 2.75) is 33.6 Å². The highest BCUT2D eigenvalue weighted by atomic mass is 16.5. The van der Waals surface area contributed by atoms with Crippen molar-refractivity contribution in [1.29, 1.82) is 0 Å². The first-order chi connectivity index (χ1) is 9.25. The maximum absolute atomic E-state index is 11.8. The summed E-state index contributed by atoms with van der Waals surface area (Å²) < 4.78 is 10.4. The van der Waals surface area contributed by atoms with Crippen LogP contribution in [0.4, 0.5) is 0 Å². The van der Waals surface area contributed by atoms with Crippen LogP contribution in [0, 0.1) is 5.41 Å². The van der Waals surface area contributed by atoms with Crippen molar-refractivity contribution in [3.63, 3.8) is 0 Å². The third-order valence-corrected chi connectivity index (χ3v) is 2.98. The van der Waals surface area contributed by atoms with Crippen LogP contribution in [0.2, 0.25) is 0 Å². The van der Waals surface area contributed by atoms with E-state index in [9.17, 15) is 9.59 Å². The van der Waals surface area contributed by atoms with Gasteiger partial charge in [-0.2, -0.15) is 0 Å². The number of hydrogen-bond acceptors (Lipinski definition) is 4. The highest BCUT2D eigenvalue weighted by molar-refractivity contribution is 5.84. The molecule has 0 saturated carbocycles. The van der Waals surface area contributed by atoms with Crippen molar-refractivity contribution in [2.24, 2.45) is 5.41 Å². The molecule has 0 saturated heterocycles. The fourth-order valence-corrected chi connectivity index (χ4v) is 1.68. The Morgan fingerprint density at radius 1 is 1.25 bits per heavy atom. The Labute approximate surface area is 120 Å². The van der Waals surface area contributed by atoms with E-state index in [1.165, 1.54) is 6.92 Å². The number of carbonyl (C=O) groups is 2. The summed E-state index contributed by atoms with van der Waals surface area (Å²) >= 11 is 0. The van der Waals surface area contributed by atoms with Gasteiger partial charge < -0.3 is 9.47 Å². The standard InChI is InChI=1S/C16H22O4/c1-11(17)14(10-20-15(18)16(2,3)4)12-7-6-8-13(9-12)19-5/h6-9,14H,10H2,1-5H3. The van der Waals surface area contributed by atoms with Crippen molar-refractivity contribution in [3.05, 3.63) is 29.8 Å². The summed E-state index contributed by atoms with van der Waals surface area (Å²) in [4.78, 5) is 23.6. The predicted molar refractivity (Wildman–Crippen MR) is 76.8 cm³/mol. The van der Waals surface area contributed by atoms with E-state index in [0.717, 1.165) is 5.56 Å². The van der Waals surface area contributed by atoms with Gasteiger partial charge in [0.15, 0.2) is 0 Å². The van der Waals surface area contributed by atoms with Gasteiger partial charge >= 0.3 is 5.97 Å². The Morgan fingerprint density at radius 2 is 1.90 bits per heavy atom. The molecule has 0 radical (unpaired) electrons. The number of benzene rings is 1. The topological polar surface area (TPSA) is 52.6 Å². The molecule has 0 spiro atoms. The van der Waals surface area contributed by atoms with Gasteiger partial charge in [0.1, 0.15) is 18.1 Å². The summed E-state index contributed by atoms with van der Waals surface area (Å²) in [7, 11) is 1.57. The van der Waals surface area contributed by atoms with Crippen molar-refractivity contribution < 1.29 is 19.1 Å². The molecular formula is C16H22O4. The van der Waals surface area contributed by atoms with Crippen LogP contribution in [0.15, 0.2) is 24.3 Å². The Hall–Kier alpha value is -1.84. The van der Waals surface area contributed by atoms with Crippen LogP contribution in [-0.2, 0) is 14.3 Å². The Bertz CT molecular complexity index is 485. The van der Waals surface area contributed by atoms with Crippen LogP contribution in [0.25, 0.3) is 0 Å². The lowest BCUT2D eigenvalue weighted by Gasteiger charge is -2.20. The zero-order valence-electron chi connectivity index (χ0n) is 12.7. The molecule has 1 aromatic rings. The van der Waals surface area contributed by atoms with Gasteiger partial charge in [-0.1, -0.05) is 12.1 Å². The Balaban J connectivity index is 2.85. The van der Waals surface area contributed by atoms with Crippen LogP contribution < -0.4 is 4.74 Å². The van der Waals surface area contributed by atoms with Crippen molar-refractivity contribution in [3.8, 4) is 5.75 Å². The molecule has 0 aliphatic carbocycles.